The molecule has 0 bridgehead atoms. The zero-order valence-corrected chi connectivity index (χ0v) is 18.5. The maximum Gasteiger partial charge on any atom is 0.416 e. The number of primary amides is 1. The molecule has 0 aliphatic heterocycles. The molecule has 13 heteroatoms. The zero-order valence-electron chi connectivity index (χ0n) is 17.7. The smallest absolute Gasteiger partial charge is 0.366 e. The highest BCUT2D eigenvalue weighted by Gasteiger charge is 2.37. The third-order valence-electron chi connectivity index (χ3n) is 4.80. The number of amides is 1. The minimum absolute atomic E-state index is 0.0337. The van der Waals surface area contributed by atoms with E-state index in [-0.39, 0.29) is 33.4 Å². The molecule has 1 heterocycles. The molecule has 1 aromatic heterocycles. The van der Waals surface area contributed by atoms with Gasteiger partial charge in [0.15, 0.2) is 15.7 Å². The van der Waals surface area contributed by atoms with Crippen molar-refractivity contribution in [1.29, 1.82) is 0 Å². The molecule has 35 heavy (non-hydrogen) atoms. The Hall–Kier alpha value is -3.74. The van der Waals surface area contributed by atoms with Crippen LogP contribution >= 0.6 is 0 Å². The lowest BCUT2D eigenvalue weighted by Gasteiger charge is -2.14. The average Bonchev–Trinajstić information content (AvgIpc) is 2.76. The fraction of sp³-hybridized carbons (Fsp3) is 0.136. The molecule has 0 aliphatic rings. The molecule has 0 spiro atoms. The first-order chi connectivity index (χ1) is 16.0. The van der Waals surface area contributed by atoms with Gasteiger partial charge in [-0.05, 0) is 42.0 Å². The van der Waals surface area contributed by atoms with E-state index in [1.54, 1.807) is 0 Å². The Bertz CT molecular complexity index is 1420. The number of hydrogen-bond donors (Lipinski definition) is 1. The predicted octanol–water partition coefficient (Wildman–Crippen LogP) is 4.75. The van der Waals surface area contributed by atoms with E-state index < -0.39 is 50.6 Å². The SMILES string of the molecule is C=C(C(N)=O)c1ccc(S(C)(=O)=O)c(-c2ccnc(-c3cc(C(F)(F)F)cc(C(F)(F)F)c3)n2)c1. The lowest BCUT2D eigenvalue weighted by Crippen LogP contribution is -2.12. The maximum atomic E-state index is 13.2. The van der Waals surface area contributed by atoms with E-state index in [0.29, 0.717) is 12.1 Å². The summed E-state index contributed by atoms with van der Waals surface area (Å²) < 4.78 is 104. The van der Waals surface area contributed by atoms with E-state index >= 15 is 0 Å². The predicted molar refractivity (Wildman–Crippen MR) is 114 cm³/mol. The Balaban J connectivity index is 2.27. The van der Waals surface area contributed by atoms with Gasteiger partial charge in [0, 0.05) is 29.2 Å². The van der Waals surface area contributed by atoms with Gasteiger partial charge in [-0.2, -0.15) is 26.3 Å². The average molecular weight is 515 g/mol. The van der Waals surface area contributed by atoms with E-state index in [4.69, 9.17) is 5.73 Å². The van der Waals surface area contributed by atoms with Crippen molar-refractivity contribution >= 4 is 21.3 Å². The molecule has 0 radical (unpaired) electrons. The summed E-state index contributed by atoms with van der Waals surface area (Å²) in [6.07, 6.45) is -8.23. The van der Waals surface area contributed by atoms with Crippen LogP contribution < -0.4 is 5.73 Å². The molecule has 184 valence electrons. The molecule has 0 saturated heterocycles. The molecule has 3 aromatic rings. The summed E-state index contributed by atoms with van der Waals surface area (Å²) in [5.41, 5.74) is 1.25. The first-order valence-corrected chi connectivity index (χ1v) is 11.3. The molecule has 0 unspecified atom stereocenters. The summed E-state index contributed by atoms with van der Waals surface area (Å²) in [5, 5.41) is 0. The molecular weight excluding hydrogens is 500 g/mol. The van der Waals surface area contributed by atoms with Crippen molar-refractivity contribution < 1.29 is 39.6 Å². The highest BCUT2D eigenvalue weighted by Crippen LogP contribution is 2.38. The number of hydrogen-bond acceptors (Lipinski definition) is 5. The minimum atomic E-state index is -5.08. The van der Waals surface area contributed by atoms with E-state index in [2.05, 4.69) is 16.5 Å². The van der Waals surface area contributed by atoms with Gasteiger partial charge in [0.05, 0.1) is 21.7 Å². The van der Waals surface area contributed by atoms with Gasteiger partial charge in [0.25, 0.3) is 0 Å². The second kappa shape index (κ2) is 8.80. The van der Waals surface area contributed by atoms with Crippen LogP contribution in [-0.2, 0) is 27.0 Å². The van der Waals surface area contributed by atoms with Crippen LogP contribution in [-0.4, -0.2) is 30.5 Å². The molecule has 0 fully saturated rings. The Morgan fingerprint density at radius 3 is 2.00 bits per heavy atom. The van der Waals surface area contributed by atoms with Crippen molar-refractivity contribution in [3.05, 3.63) is 71.9 Å². The van der Waals surface area contributed by atoms with Gasteiger partial charge in [-0.1, -0.05) is 12.6 Å². The van der Waals surface area contributed by atoms with E-state index in [9.17, 15) is 39.6 Å². The summed E-state index contributed by atoms with van der Waals surface area (Å²) in [6, 6.07) is 5.74. The second-order valence-electron chi connectivity index (χ2n) is 7.39. The Labute approximate surface area is 195 Å². The second-order valence-corrected chi connectivity index (χ2v) is 9.37. The van der Waals surface area contributed by atoms with Crippen molar-refractivity contribution in [2.24, 2.45) is 5.73 Å². The molecule has 0 atom stereocenters. The number of carbonyl (C=O) groups is 1. The van der Waals surface area contributed by atoms with Crippen LogP contribution in [0.1, 0.15) is 16.7 Å². The number of alkyl halides is 6. The van der Waals surface area contributed by atoms with Crippen LogP contribution in [0.4, 0.5) is 26.3 Å². The standard InChI is InChI=1S/C22H15F6N3O3S/c1-11(19(29)32)12-3-4-18(35(2,33)34)16(9-12)17-5-6-30-20(31-17)13-7-14(21(23,24)25)10-15(8-13)22(26,27)28/h3-10H,1H2,2H3,(H2,29,32). The normalized spacial score (nSPS) is 12.4. The zero-order chi connectivity index (χ0) is 26.3. The van der Waals surface area contributed by atoms with E-state index in [1.807, 2.05) is 0 Å². The largest absolute Gasteiger partial charge is 0.416 e. The lowest BCUT2D eigenvalue weighted by atomic mass is 10.0. The van der Waals surface area contributed by atoms with Crippen molar-refractivity contribution in [3.8, 4) is 22.6 Å². The Kier molecular flexibility index (Phi) is 6.51. The number of sulfone groups is 1. The van der Waals surface area contributed by atoms with Crippen LogP contribution in [0.25, 0.3) is 28.2 Å². The number of nitrogens with two attached hydrogens (primary N) is 1. The highest BCUT2D eigenvalue weighted by molar-refractivity contribution is 7.90. The van der Waals surface area contributed by atoms with Gasteiger partial charge in [0.1, 0.15) is 0 Å². The van der Waals surface area contributed by atoms with Gasteiger partial charge in [0.2, 0.25) is 5.91 Å². The van der Waals surface area contributed by atoms with Crippen LogP contribution in [0.15, 0.2) is 60.1 Å². The fourth-order valence-electron chi connectivity index (χ4n) is 3.12. The number of rotatable bonds is 5. The summed E-state index contributed by atoms with van der Waals surface area (Å²) >= 11 is 0. The monoisotopic (exact) mass is 515 g/mol. The quantitative estimate of drug-likeness (QED) is 0.390. The summed E-state index contributed by atoms with van der Waals surface area (Å²) in [4.78, 5) is 19.0. The molecule has 0 saturated carbocycles. The van der Waals surface area contributed by atoms with E-state index in [1.165, 1.54) is 18.2 Å². The van der Waals surface area contributed by atoms with Gasteiger partial charge in [-0.25, -0.2) is 18.4 Å². The summed E-state index contributed by atoms with van der Waals surface area (Å²) in [6.45, 7) is 3.51. The van der Waals surface area contributed by atoms with Crippen molar-refractivity contribution in [3.63, 3.8) is 0 Å². The molecular formula is C22H15F6N3O3S. The van der Waals surface area contributed by atoms with Gasteiger partial charge < -0.3 is 5.73 Å². The van der Waals surface area contributed by atoms with Crippen LogP contribution in [0.2, 0.25) is 0 Å². The molecule has 2 N–H and O–H groups in total. The van der Waals surface area contributed by atoms with Crippen molar-refractivity contribution in [1.82, 2.24) is 9.97 Å². The number of aromatic nitrogens is 2. The first kappa shape index (κ1) is 25.9. The lowest BCUT2D eigenvalue weighted by molar-refractivity contribution is -0.143. The number of benzene rings is 2. The summed E-state index contributed by atoms with van der Waals surface area (Å²) in [5.74, 6) is -1.41. The third kappa shape index (κ3) is 5.67. The fourth-order valence-corrected chi connectivity index (χ4v) is 3.99. The van der Waals surface area contributed by atoms with Crippen molar-refractivity contribution in [2.45, 2.75) is 17.2 Å². The number of halogens is 6. The van der Waals surface area contributed by atoms with E-state index in [0.717, 1.165) is 18.5 Å². The van der Waals surface area contributed by atoms with Gasteiger partial charge in [-0.15, -0.1) is 0 Å². The topological polar surface area (TPSA) is 103 Å². The number of nitrogens with zero attached hydrogens (tertiary/aromatic N) is 2. The first-order valence-electron chi connectivity index (χ1n) is 9.45. The molecule has 2 aromatic carbocycles. The Morgan fingerprint density at radius 1 is 0.943 bits per heavy atom. The Morgan fingerprint density at radius 2 is 1.51 bits per heavy atom. The molecule has 6 nitrogen and oxygen atoms in total. The van der Waals surface area contributed by atoms with Gasteiger partial charge >= 0.3 is 12.4 Å². The third-order valence-corrected chi connectivity index (χ3v) is 5.96. The molecule has 0 aliphatic carbocycles. The highest BCUT2D eigenvalue weighted by atomic mass is 32.2. The molecule has 1 amide bonds. The van der Waals surface area contributed by atoms with Crippen LogP contribution in [0.5, 0.6) is 0 Å². The minimum Gasteiger partial charge on any atom is -0.366 e. The van der Waals surface area contributed by atoms with Gasteiger partial charge in [-0.3, -0.25) is 4.79 Å². The van der Waals surface area contributed by atoms with Crippen LogP contribution in [0, 0.1) is 0 Å². The number of carbonyl (C=O) groups excluding carboxylic acids is 1. The summed E-state index contributed by atoms with van der Waals surface area (Å²) in [7, 11) is -3.88. The maximum absolute atomic E-state index is 13.2. The molecule has 3 rings (SSSR count). The van der Waals surface area contributed by atoms with Crippen LogP contribution in [0.3, 0.4) is 0 Å². The van der Waals surface area contributed by atoms with Crippen molar-refractivity contribution in [2.75, 3.05) is 6.26 Å².